The van der Waals surface area contributed by atoms with Crippen molar-refractivity contribution in [3.63, 3.8) is 0 Å². The van der Waals surface area contributed by atoms with Crippen molar-refractivity contribution in [2.45, 2.75) is 6.92 Å². The molecule has 0 saturated carbocycles. The van der Waals surface area contributed by atoms with Gasteiger partial charge >= 0.3 is 0 Å². The number of likely N-dealkylation sites (N-methyl/N-ethyl adjacent to an activating group) is 1. The van der Waals surface area contributed by atoms with Gasteiger partial charge in [-0.3, -0.25) is 9.59 Å². The molecular formula is C21H21N3O3S. The third-order valence-electron chi connectivity index (χ3n) is 4.10. The highest BCUT2D eigenvalue weighted by Crippen LogP contribution is 2.24. The van der Waals surface area contributed by atoms with Crippen molar-refractivity contribution in [1.29, 1.82) is 0 Å². The van der Waals surface area contributed by atoms with E-state index in [4.69, 9.17) is 4.74 Å². The van der Waals surface area contributed by atoms with E-state index in [9.17, 15) is 9.59 Å². The first-order chi connectivity index (χ1) is 13.6. The number of nitrogens with zero attached hydrogens (tertiary/aromatic N) is 2. The van der Waals surface area contributed by atoms with Crippen molar-refractivity contribution < 1.29 is 14.3 Å². The number of benzene rings is 2. The third-order valence-corrected chi connectivity index (χ3v) is 4.99. The summed E-state index contributed by atoms with van der Waals surface area (Å²) in [6.07, 6.45) is 0. The second-order valence-electron chi connectivity index (χ2n) is 6.00. The summed E-state index contributed by atoms with van der Waals surface area (Å²) in [5.41, 5.74) is 1.93. The average molecular weight is 395 g/mol. The van der Waals surface area contributed by atoms with E-state index >= 15 is 0 Å². The Hall–Kier alpha value is -3.19. The summed E-state index contributed by atoms with van der Waals surface area (Å²) >= 11 is 1.41. The van der Waals surface area contributed by atoms with Crippen molar-refractivity contribution in [3.8, 4) is 16.3 Å². The number of hydrogen-bond acceptors (Lipinski definition) is 5. The minimum absolute atomic E-state index is 0.0509. The summed E-state index contributed by atoms with van der Waals surface area (Å²) in [5.74, 6) is 0.112. The molecule has 7 heteroatoms. The van der Waals surface area contributed by atoms with Crippen LogP contribution in [0, 0.1) is 0 Å². The molecule has 1 aromatic heterocycles. The summed E-state index contributed by atoms with van der Waals surface area (Å²) in [6, 6.07) is 16.8. The van der Waals surface area contributed by atoms with Crippen LogP contribution in [-0.2, 0) is 4.79 Å². The molecule has 2 aromatic carbocycles. The molecule has 0 fully saturated rings. The number of rotatable bonds is 7. The minimum Gasteiger partial charge on any atom is -0.497 e. The van der Waals surface area contributed by atoms with Gasteiger partial charge in [0.1, 0.15) is 23.0 Å². The maximum absolute atomic E-state index is 12.8. The second kappa shape index (κ2) is 9.14. The van der Waals surface area contributed by atoms with Crippen molar-refractivity contribution in [3.05, 3.63) is 65.7 Å². The summed E-state index contributed by atoms with van der Waals surface area (Å²) in [7, 11) is 1.57. The van der Waals surface area contributed by atoms with Gasteiger partial charge < -0.3 is 15.0 Å². The van der Waals surface area contributed by atoms with Crippen LogP contribution in [0.15, 0.2) is 60.0 Å². The van der Waals surface area contributed by atoms with Gasteiger partial charge in [-0.05, 0) is 19.1 Å². The number of ether oxygens (including phenoxy) is 1. The van der Waals surface area contributed by atoms with Gasteiger partial charge in [-0.15, -0.1) is 11.3 Å². The fourth-order valence-electron chi connectivity index (χ4n) is 2.65. The van der Waals surface area contributed by atoms with Crippen LogP contribution in [0.5, 0.6) is 5.75 Å². The number of carbonyl (C=O) groups is 2. The number of carbonyl (C=O) groups excluding carboxylic acids is 2. The molecule has 0 unspecified atom stereocenters. The normalized spacial score (nSPS) is 10.4. The number of methoxy groups -OCH3 is 1. The topological polar surface area (TPSA) is 71.5 Å². The number of anilines is 1. The molecule has 3 rings (SSSR count). The first kappa shape index (κ1) is 19.6. The predicted octanol–water partition coefficient (Wildman–Crippen LogP) is 3.92. The molecule has 2 amide bonds. The Balaban J connectivity index is 1.66. The first-order valence-corrected chi connectivity index (χ1v) is 9.72. The Kier molecular flexibility index (Phi) is 6.39. The van der Waals surface area contributed by atoms with E-state index in [0.29, 0.717) is 23.7 Å². The lowest BCUT2D eigenvalue weighted by Crippen LogP contribution is -2.38. The van der Waals surface area contributed by atoms with Crippen LogP contribution in [0.1, 0.15) is 17.4 Å². The fraction of sp³-hybridized carbons (Fsp3) is 0.190. The highest BCUT2D eigenvalue weighted by molar-refractivity contribution is 7.13. The van der Waals surface area contributed by atoms with Crippen LogP contribution in [-0.4, -0.2) is 41.9 Å². The average Bonchev–Trinajstić information content (AvgIpc) is 3.22. The predicted molar refractivity (Wildman–Crippen MR) is 111 cm³/mol. The van der Waals surface area contributed by atoms with Crippen LogP contribution in [0.4, 0.5) is 5.69 Å². The molecule has 0 radical (unpaired) electrons. The molecule has 1 N–H and O–H groups in total. The number of nitrogens with one attached hydrogen (secondary N) is 1. The maximum Gasteiger partial charge on any atom is 0.273 e. The zero-order chi connectivity index (χ0) is 19.9. The largest absolute Gasteiger partial charge is 0.497 e. The highest BCUT2D eigenvalue weighted by atomic mass is 32.1. The lowest BCUT2D eigenvalue weighted by Gasteiger charge is -2.19. The van der Waals surface area contributed by atoms with Gasteiger partial charge in [-0.1, -0.05) is 36.4 Å². The van der Waals surface area contributed by atoms with Crippen LogP contribution >= 0.6 is 11.3 Å². The molecule has 144 valence electrons. The number of aromatic nitrogens is 1. The van der Waals surface area contributed by atoms with Crippen molar-refractivity contribution >= 4 is 28.8 Å². The molecule has 0 aliphatic rings. The highest BCUT2D eigenvalue weighted by Gasteiger charge is 2.20. The molecule has 0 spiro atoms. The van der Waals surface area contributed by atoms with E-state index in [-0.39, 0.29) is 18.4 Å². The van der Waals surface area contributed by atoms with Gasteiger partial charge in [-0.25, -0.2) is 4.98 Å². The number of thiazole rings is 1. The van der Waals surface area contributed by atoms with Crippen molar-refractivity contribution in [2.75, 3.05) is 25.5 Å². The Labute approximate surface area is 167 Å². The Bertz CT molecular complexity index is 956. The van der Waals surface area contributed by atoms with Gasteiger partial charge in [0.05, 0.1) is 7.11 Å². The van der Waals surface area contributed by atoms with E-state index < -0.39 is 0 Å². The quantitative estimate of drug-likeness (QED) is 0.658. The molecule has 6 nitrogen and oxygen atoms in total. The number of amides is 2. The van der Waals surface area contributed by atoms with Gasteiger partial charge in [0.2, 0.25) is 5.91 Å². The van der Waals surface area contributed by atoms with Gasteiger partial charge in [0, 0.05) is 29.2 Å². The SMILES string of the molecule is CCN(CC(=O)Nc1cccc(OC)c1)C(=O)c1csc(-c2ccccc2)n1. The van der Waals surface area contributed by atoms with Crippen LogP contribution in [0.25, 0.3) is 10.6 Å². The lowest BCUT2D eigenvalue weighted by atomic mass is 10.2. The molecule has 0 aliphatic carbocycles. The number of hydrogen-bond donors (Lipinski definition) is 1. The molecular weight excluding hydrogens is 374 g/mol. The summed E-state index contributed by atoms with van der Waals surface area (Å²) in [6.45, 7) is 2.19. The molecule has 0 aliphatic heterocycles. The molecule has 1 heterocycles. The fourth-order valence-corrected chi connectivity index (χ4v) is 3.45. The van der Waals surface area contributed by atoms with Gasteiger partial charge in [0.25, 0.3) is 5.91 Å². The monoisotopic (exact) mass is 395 g/mol. The van der Waals surface area contributed by atoms with Crippen LogP contribution in [0.3, 0.4) is 0 Å². The summed E-state index contributed by atoms with van der Waals surface area (Å²) in [4.78, 5) is 31.1. The molecule has 0 atom stereocenters. The standard InChI is InChI=1S/C21H21N3O3S/c1-3-24(13-19(25)22-16-10-7-11-17(12-16)27-2)21(26)18-14-28-20(23-18)15-8-5-4-6-9-15/h4-12,14H,3,13H2,1-2H3,(H,22,25). The zero-order valence-corrected chi connectivity index (χ0v) is 16.5. The van der Waals surface area contributed by atoms with E-state index in [0.717, 1.165) is 10.6 Å². The van der Waals surface area contributed by atoms with Gasteiger partial charge in [-0.2, -0.15) is 0 Å². The van der Waals surface area contributed by atoms with Crippen LogP contribution in [0.2, 0.25) is 0 Å². The first-order valence-electron chi connectivity index (χ1n) is 8.85. The van der Waals surface area contributed by atoms with Crippen LogP contribution < -0.4 is 10.1 Å². The summed E-state index contributed by atoms with van der Waals surface area (Å²) in [5, 5.41) is 5.30. The third kappa shape index (κ3) is 4.75. The smallest absolute Gasteiger partial charge is 0.273 e. The minimum atomic E-state index is -0.276. The Morgan fingerprint density at radius 2 is 1.93 bits per heavy atom. The van der Waals surface area contributed by atoms with Crippen molar-refractivity contribution in [1.82, 2.24) is 9.88 Å². The van der Waals surface area contributed by atoms with Gasteiger partial charge in [0.15, 0.2) is 0 Å². The molecule has 3 aromatic rings. The van der Waals surface area contributed by atoms with Crippen molar-refractivity contribution in [2.24, 2.45) is 0 Å². The van der Waals surface area contributed by atoms with E-state index in [1.54, 1.807) is 36.8 Å². The molecule has 0 saturated heterocycles. The Morgan fingerprint density at radius 3 is 2.64 bits per heavy atom. The molecule has 0 bridgehead atoms. The zero-order valence-electron chi connectivity index (χ0n) is 15.7. The van der Waals surface area contributed by atoms with E-state index in [1.165, 1.54) is 16.2 Å². The second-order valence-corrected chi connectivity index (χ2v) is 6.86. The maximum atomic E-state index is 12.8. The molecule has 28 heavy (non-hydrogen) atoms. The van der Waals surface area contributed by atoms with E-state index in [2.05, 4.69) is 10.3 Å². The lowest BCUT2D eigenvalue weighted by molar-refractivity contribution is -0.116. The van der Waals surface area contributed by atoms with E-state index in [1.807, 2.05) is 37.3 Å². The summed E-state index contributed by atoms with van der Waals surface area (Å²) < 4.78 is 5.15. The Morgan fingerprint density at radius 1 is 1.14 bits per heavy atom.